The van der Waals surface area contributed by atoms with E-state index in [0.29, 0.717) is 18.8 Å². The number of esters is 1. The standard InChI is InChI=1S/C15H20O3/c1-4-17-11-14(15(16)18-5-2)12(3)13-9-7-6-8-10-13/h6-10H,4-5,11H2,1-3H3. The number of ether oxygens (including phenoxy) is 2. The van der Waals surface area contributed by atoms with Crippen LogP contribution in [0.15, 0.2) is 35.9 Å². The summed E-state index contributed by atoms with van der Waals surface area (Å²) in [7, 11) is 0. The van der Waals surface area contributed by atoms with E-state index in [0.717, 1.165) is 11.1 Å². The maximum atomic E-state index is 11.9. The number of carbonyl (C=O) groups excluding carboxylic acids is 1. The van der Waals surface area contributed by atoms with Gasteiger partial charge in [0.2, 0.25) is 0 Å². The highest BCUT2D eigenvalue weighted by atomic mass is 16.5. The fraction of sp³-hybridized carbons (Fsp3) is 0.400. The summed E-state index contributed by atoms with van der Waals surface area (Å²) in [5.74, 6) is -0.299. The van der Waals surface area contributed by atoms with E-state index in [4.69, 9.17) is 9.47 Å². The minimum absolute atomic E-state index is 0.288. The van der Waals surface area contributed by atoms with Gasteiger partial charge in [-0.3, -0.25) is 0 Å². The smallest absolute Gasteiger partial charge is 0.336 e. The Morgan fingerprint density at radius 2 is 1.78 bits per heavy atom. The Labute approximate surface area is 108 Å². The molecule has 0 aliphatic rings. The van der Waals surface area contributed by atoms with Gasteiger partial charge in [-0.2, -0.15) is 0 Å². The van der Waals surface area contributed by atoms with Gasteiger partial charge in [-0.25, -0.2) is 4.79 Å². The normalized spacial score (nSPS) is 11.9. The molecule has 98 valence electrons. The lowest BCUT2D eigenvalue weighted by molar-refractivity contribution is -0.139. The van der Waals surface area contributed by atoms with Crippen LogP contribution in [0.4, 0.5) is 0 Å². The molecule has 0 bridgehead atoms. The maximum Gasteiger partial charge on any atom is 0.336 e. The van der Waals surface area contributed by atoms with Crippen molar-refractivity contribution in [3.63, 3.8) is 0 Å². The molecule has 0 aliphatic carbocycles. The first kappa shape index (κ1) is 14.5. The molecule has 0 heterocycles. The maximum absolute atomic E-state index is 11.9. The summed E-state index contributed by atoms with van der Waals surface area (Å²) >= 11 is 0. The summed E-state index contributed by atoms with van der Waals surface area (Å²) in [5, 5.41) is 0. The molecule has 0 saturated carbocycles. The first-order chi connectivity index (χ1) is 8.70. The average molecular weight is 248 g/mol. The fourth-order valence-corrected chi connectivity index (χ4v) is 1.60. The van der Waals surface area contributed by atoms with Crippen molar-refractivity contribution in [2.45, 2.75) is 20.8 Å². The van der Waals surface area contributed by atoms with E-state index >= 15 is 0 Å². The number of allylic oxidation sites excluding steroid dienone is 1. The van der Waals surface area contributed by atoms with E-state index in [9.17, 15) is 4.79 Å². The molecule has 3 heteroatoms. The van der Waals surface area contributed by atoms with Crippen molar-refractivity contribution in [1.82, 2.24) is 0 Å². The molecule has 0 amide bonds. The minimum atomic E-state index is -0.299. The third-order valence-corrected chi connectivity index (χ3v) is 2.63. The van der Waals surface area contributed by atoms with E-state index in [1.165, 1.54) is 0 Å². The molecule has 0 aliphatic heterocycles. The molecule has 0 N–H and O–H groups in total. The molecular weight excluding hydrogens is 228 g/mol. The first-order valence-corrected chi connectivity index (χ1v) is 6.20. The van der Waals surface area contributed by atoms with E-state index in [-0.39, 0.29) is 12.6 Å². The van der Waals surface area contributed by atoms with Crippen LogP contribution >= 0.6 is 0 Å². The molecule has 18 heavy (non-hydrogen) atoms. The Hall–Kier alpha value is -1.61. The zero-order chi connectivity index (χ0) is 13.4. The molecule has 0 atom stereocenters. The van der Waals surface area contributed by atoms with E-state index < -0.39 is 0 Å². The van der Waals surface area contributed by atoms with Crippen LogP contribution in [0.2, 0.25) is 0 Å². The highest BCUT2D eigenvalue weighted by molar-refractivity contribution is 5.97. The SMILES string of the molecule is CCOCC(C(=O)OCC)=C(C)c1ccccc1. The van der Waals surface area contributed by atoms with Gasteiger partial charge >= 0.3 is 5.97 Å². The summed E-state index contributed by atoms with van der Waals surface area (Å²) in [6.45, 7) is 6.85. The zero-order valence-electron chi connectivity index (χ0n) is 11.2. The van der Waals surface area contributed by atoms with E-state index in [1.807, 2.05) is 44.2 Å². The molecule has 1 aromatic carbocycles. The summed E-state index contributed by atoms with van der Waals surface area (Å²) < 4.78 is 10.4. The minimum Gasteiger partial charge on any atom is -0.463 e. The van der Waals surface area contributed by atoms with Gasteiger partial charge in [0.15, 0.2) is 0 Å². The lowest BCUT2D eigenvalue weighted by atomic mass is 10.0. The lowest BCUT2D eigenvalue weighted by Crippen LogP contribution is -2.14. The summed E-state index contributed by atoms with van der Waals surface area (Å²) in [4.78, 5) is 11.9. The Morgan fingerprint density at radius 1 is 1.11 bits per heavy atom. The van der Waals surface area contributed by atoms with Gasteiger partial charge < -0.3 is 9.47 Å². The highest BCUT2D eigenvalue weighted by Gasteiger charge is 2.15. The molecule has 0 spiro atoms. The van der Waals surface area contributed by atoms with Crippen LogP contribution in [0.25, 0.3) is 5.57 Å². The fourth-order valence-electron chi connectivity index (χ4n) is 1.60. The third-order valence-electron chi connectivity index (χ3n) is 2.63. The van der Waals surface area contributed by atoms with Crippen molar-refractivity contribution in [2.75, 3.05) is 19.8 Å². The molecule has 0 unspecified atom stereocenters. The zero-order valence-corrected chi connectivity index (χ0v) is 11.2. The van der Waals surface area contributed by atoms with Crippen LogP contribution < -0.4 is 0 Å². The monoisotopic (exact) mass is 248 g/mol. The van der Waals surface area contributed by atoms with E-state index in [1.54, 1.807) is 6.92 Å². The van der Waals surface area contributed by atoms with Crippen LogP contribution in [-0.4, -0.2) is 25.8 Å². The molecule has 0 fully saturated rings. The Kier molecular flexibility index (Phi) is 6.15. The van der Waals surface area contributed by atoms with Crippen LogP contribution in [0, 0.1) is 0 Å². The van der Waals surface area contributed by atoms with Crippen LogP contribution in [0.1, 0.15) is 26.3 Å². The quantitative estimate of drug-likeness (QED) is 0.573. The number of rotatable bonds is 6. The van der Waals surface area contributed by atoms with Crippen LogP contribution in [0.3, 0.4) is 0 Å². The second kappa shape index (κ2) is 7.67. The van der Waals surface area contributed by atoms with Crippen LogP contribution in [0.5, 0.6) is 0 Å². The third kappa shape index (κ3) is 4.00. The van der Waals surface area contributed by atoms with Gasteiger partial charge in [0.05, 0.1) is 18.8 Å². The predicted octanol–water partition coefficient (Wildman–Crippen LogP) is 3.06. The largest absolute Gasteiger partial charge is 0.463 e. The average Bonchev–Trinajstić information content (AvgIpc) is 2.40. The molecular formula is C15H20O3. The Bertz CT molecular complexity index is 407. The Morgan fingerprint density at radius 3 is 2.33 bits per heavy atom. The number of hydrogen-bond donors (Lipinski definition) is 0. The van der Waals surface area contributed by atoms with Crippen molar-refractivity contribution >= 4 is 11.5 Å². The Balaban J connectivity index is 3.02. The van der Waals surface area contributed by atoms with Crippen molar-refractivity contribution in [3.8, 4) is 0 Å². The predicted molar refractivity (Wildman–Crippen MR) is 72.2 cm³/mol. The summed E-state index contributed by atoms with van der Waals surface area (Å²) in [5.41, 5.74) is 2.51. The van der Waals surface area contributed by atoms with Crippen molar-refractivity contribution < 1.29 is 14.3 Å². The molecule has 3 nitrogen and oxygen atoms in total. The van der Waals surface area contributed by atoms with Gasteiger partial charge in [0, 0.05) is 6.61 Å². The van der Waals surface area contributed by atoms with Crippen molar-refractivity contribution in [3.05, 3.63) is 41.5 Å². The second-order valence-electron chi connectivity index (χ2n) is 3.83. The van der Waals surface area contributed by atoms with Gasteiger partial charge in [-0.05, 0) is 31.9 Å². The van der Waals surface area contributed by atoms with Crippen molar-refractivity contribution in [2.24, 2.45) is 0 Å². The number of benzene rings is 1. The molecule has 0 aromatic heterocycles. The number of hydrogen-bond acceptors (Lipinski definition) is 3. The lowest BCUT2D eigenvalue weighted by Gasteiger charge is -2.11. The molecule has 0 radical (unpaired) electrons. The number of carbonyl (C=O) groups is 1. The molecule has 0 saturated heterocycles. The second-order valence-corrected chi connectivity index (χ2v) is 3.83. The van der Waals surface area contributed by atoms with Crippen molar-refractivity contribution in [1.29, 1.82) is 0 Å². The van der Waals surface area contributed by atoms with Gasteiger partial charge in [0.25, 0.3) is 0 Å². The van der Waals surface area contributed by atoms with Crippen LogP contribution in [-0.2, 0) is 14.3 Å². The van der Waals surface area contributed by atoms with Gasteiger partial charge in [-0.15, -0.1) is 0 Å². The first-order valence-electron chi connectivity index (χ1n) is 6.20. The highest BCUT2D eigenvalue weighted by Crippen LogP contribution is 2.19. The summed E-state index contributed by atoms with van der Waals surface area (Å²) in [6, 6.07) is 9.79. The summed E-state index contributed by atoms with van der Waals surface area (Å²) in [6.07, 6.45) is 0. The molecule has 1 aromatic rings. The van der Waals surface area contributed by atoms with Gasteiger partial charge in [-0.1, -0.05) is 30.3 Å². The topological polar surface area (TPSA) is 35.5 Å². The van der Waals surface area contributed by atoms with Gasteiger partial charge in [0.1, 0.15) is 0 Å². The molecule has 1 rings (SSSR count). The van der Waals surface area contributed by atoms with E-state index in [2.05, 4.69) is 0 Å².